The molecule has 8 heteroatoms. The van der Waals surface area contributed by atoms with Crippen LogP contribution in [0.15, 0.2) is 206 Å². The molecule has 2 radical (unpaired) electrons. The second-order valence-corrected chi connectivity index (χ2v) is 29.8. The van der Waals surface area contributed by atoms with E-state index in [1.165, 1.54) is 143 Å². The van der Waals surface area contributed by atoms with Crippen LogP contribution >= 0.6 is 0 Å². The largest absolute Gasteiger partial charge is 0.334 e. The van der Waals surface area contributed by atoms with Gasteiger partial charge in [-0.25, -0.2) is 0 Å². The molecule has 6 heterocycles. The quantitative estimate of drug-likeness (QED) is 0.0662. The average Bonchev–Trinajstić information content (AvgIpc) is 1.57. The van der Waals surface area contributed by atoms with Crippen LogP contribution in [0.25, 0.3) is 121 Å². The molecule has 100 heavy (non-hydrogen) atoms. The molecular weight excluding hydrogens is 1580 g/mol. The molecule has 17 aromatic rings. The molecule has 0 bridgehead atoms. The standard InChI is InChI=1S/C56H70N4.2C18H10N.2Au/c1-33(2)41-21-17-22-42(34(3)4)53(41)57-31-58(54-43(35(5)6)23-18-24-44(54)36(7)8)50-30-52-51(29-49(50)57)59(55-45(37(9)10)25-19-26-46(55)38(11)12)32-60(52)56-47(39(13)14)27-20-28-48(56)40(15)16;2*1-3-10-16-12(6-1)14-8-5-9-15-13-7-2-4-11-17(13)19(16)18(14)15;;/h17-30,33-40H,1-16H3;2*1-4,6-11H;;/q;2*-1;;. The molecule has 0 aliphatic carbocycles. The van der Waals surface area contributed by atoms with Crippen molar-refractivity contribution in [3.63, 3.8) is 0 Å². The summed E-state index contributed by atoms with van der Waals surface area (Å²) in [6.45, 7) is 37.2. The van der Waals surface area contributed by atoms with Crippen molar-refractivity contribution in [3.8, 4) is 22.7 Å². The van der Waals surface area contributed by atoms with Gasteiger partial charge in [-0.1, -0.05) is 256 Å². The summed E-state index contributed by atoms with van der Waals surface area (Å²) < 4.78 is 14.4. The van der Waals surface area contributed by atoms with Gasteiger partial charge in [0.2, 0.25) is 0 Å². The maximum Gasteiger partial charge on any atom is 0.269 e. The fourth-order valence-corrected chi connectivity index (χ4v) is 16.1. The topological polar surface area (TPSA) is 26.4 Å². The number of nitrogens with zero attached hydrogens (tertiary/aromatic N) is 6. The molecule has 0 aliphatic heterocycles. The van der Waals surface area contributed by atoms with E-state index >= 15 is 0 Å². The number of hydrogen-bond donors (Lipinski definition) is 0. The van der Waals surface area contributed by atoms with Crippen molar-refractivity contribution in [2.45, 2.75) is 158 Å². The normalized spacial score (nSPS) is 12.2. The molecule has 0 unspecified atom stereocenters. The summed E-state index contributed by atoms with van der Waals surface area (Å²) in [5.74, 6) is 2.58. The molecule has 0 saturated carbocycles. The Balaban J connectivity index is 0.000000177. The van der Waals surface area contributed by atoms with Gasteiger partial charge < -0.3 is 8.80 Å². The Bertz CT molecular complexity index is 5060. The number of imidazole rings is 2. The minimum atomic E-state index is 0. The first-order valence-corrected chi connectivity index (χ1v) is 35.8. The van der Waals surface area contributed by atoms with Crippen LogP contribution in [-0.4, -0.2) is 17.9 Å². The van der Waals surface area contributed by atoms with E-state index in [-0.39, 0.29) is 44.8 Å². The zero-order chi connectivity index (χ0) is 68.3. The predicted molar refractivity (Wildman–Crippen MR) is 413 cm³/mol. The van der Waals surface area contributed by atoms with E-state index in [9.17, 15) is 0 Å². The fourth-order valence-electron chi connectivity index (χ4n) is 16.1. The summed E-state index contributed by atoms with van der Waals surface area (Å²) in [4.78, 5) is 0. The Morgan fingerprint density at radius 2 is 0.500 bits per heavy atom. The van der Waals surface area contributed by atoms with Crippen molar-refractivity contribution in [1.82, 2.24) is 17.9 Å². The first kappa shape index (κ1) is 69.9. The van der Waals surface area contributed by atoms with Gasteiger partial charge in [0, 0.05) is 66.8 Å². The van der Waals surface area contributed by atoms with Crippen LogP contribution in [0.3, 0.4) is 0 Å². The third-order valence-electron chi connectivity index (χ3n) is 20.8. The van der Waals surface area contributed by atoms with Crippen LogP contribution in [0, 0.1) is 24.8 Å². The van der Waals surface area contributed by atoms with Gasteiger partial charge in [0.25, 0.3) is 12.7 Å². The van der Waals surface area contributed by atoms with E-state index < -0.39 is 0 Å². The zero-order valence-electron chi connectivity index (χ0n) is 60.5. The van der Waals surface area contributed by atoms with Crippen molar-refractivity contribution < 1.29 is 53.9 Å². The molecule has 17 rings (SSSR count). The number of fused-ring (bicyclic) bond motifs is 14. The Morgan fingerprint density at radius 3 is 0.750 bits per heavy atom. The van der Waals surface area contributed by atoms with Crippen molar-refractivity contribution >= 4 is 98.3 Å². The summed E-state index contributed by atoms with van der Waals surface area (Å²) in [5, 5.41) is 10.4. The summed E-state index contributed by atoms with van der Waals surface area (Å²) in [5.41, 5.74) is 28.0. The monoisotopic (exact) mass is 1670 g/mol. The van der Waals surface area contributed by atoms with E-state index in [1.54, 1.807) is 0 Å². The third-order valence-corrected chi connectivity index (χ3v) is 20.8. The molecule has 11 aromatic carbocycles. The molecule has 0 fully saturated rings. The Kier molecular flexibility index (Phi) is 19.4. The second kappa shape index (κ2) is 27.8. The van der Waals surface area contributed by atoms with Crippen molar-refractivity contribution in [2.24, 2.45) is 0 Å². The molecule has 0 amide bonds. The molecular formula is C92H90Au2N6-2. The van der Waals surface area contributed by atoms with Crippen molar-refractivity contribution in [2.75, 3.05) is 0 Å². The van der Waals surface area contributed by atoms with E-state index in [0.29, 0.717) is 47.3 Å². The molecule has 6 nitrogen and oxygen atoms in total. The van der Waals surface area contributed by atoms with Crippen molar-refractivity contribution in [3.05, 3.63) is 276 Å². The smallest absolute Gasteiger partial charge is 0.269 e. The molecule has 6 aromatic heterocycles. The van der Waals surface area contributed by atoms with Crippen LogP contribution in [0.1, 0.15) is 203 Å². The van der Waals surface area contributed by atoms with E-state index in [1.807, 2.05) is 0 Å². The van der Waals surface area contributed by atoms with Gasteiger partial charge in [0.15, 0.2) is 0 Å². The maximum absolute atomic E-state index is 4.11. The third kappa shape index (κ3) is 11.4. The van der Waals surface area contributed by atoms with Gasteiger partial charge in [0.1, 0.15) is 0 Å². The Morgan fingerprint density at radius 1 is 0.260 bits per heavy atom. The van der Waals surface area contributed by atoms with E-state index in [0.717, 1.165) is 22.1 Å². The first-order valence-electron chi connectivity index (χ1n) is 35.8. The molecule has 0 N–H and O–H groups in total. The summed E-state index contributed by atoms with van der Waals surface area (Å²) in [7, 11) is 0. The van der Waals surface area contributed by atoms with Gasteiger partial charge >= 0.3 is 0 Å². The number of aromatic nitrogens is 6. The van der Waals surface area contributed by atoms with Gasteiger partial charge in [-0.3, -0.25) is 18.3 Å². The maximum atomic E-state index is 4.11. The second-order valence-electron chi connectivity index (χ2n) is 29.8. The van der Waals surface area contributed by atoms with Crippen LogP contribution in [0.2, 0.25) is 0 Å². The average molecular weight is 1670 g/mol. The van der Waals surface area contributed by atoms with Crippen LogP contribution < -0.4 is 9.13 Å². The molecule has 512 valence electrons. The minimum Gasteiger partial charge on any atom is -0.334 e. The van der Waals surface area contributed by atoms with Crippen molar-refractivity contribution in [1.29, 1.82) is 0 Å². The molecule has 0 atom stereocenters. The van der Waals surface area contributed by atoms with Crippen LogP contribution in [0.4, 0.5) is 0 Å². The molecule has 0 aliphatic rings. The fraction of sp³-hybridized carbons (Fsp3) is 0.261. The number of hydrogen-bond acceptors (Lipinski definition) is 0. The molecule has 0 spiro atoms. The Labute approximate surface area is 621 Å². The van der Waals surface area contributed by atoms with Crippen LogP contribution in [0.5, 0.6) is 0 Å². The van der Waals surface area contributed by atoms with Gasteiger partial charge in [-0.2, -0.15) is 36.4 Å². The van der Waals surface area contributed by atoms with Gasteiger partial charge in [-0.15, -0.1) is 21.5 Å². The van der Waals surface area contributed by atoms with E-state index in [4.69, 9.17) is 0 Å². The van der Waals surface area contributed by atoms with Gasteiger partial charge in [-0.05, 0) is 161 Å². The molecule has 0 saturated heterocycles. The number of rotatable bonds is 12. The zero-order valence-corrected chi connectivity index (χ0v) is 64.9. The van der Waals surface area contributed by atoms with E-state index in [2.05, 4.69) is 369 Å². The number of benzene rings is 11. The minimum absolute atomic E-state index is 0. The summed E-state index contributed by atoms with van der Waals surface area (Å²) in [6, 6.07) is 81.9. The first-order chi connectivity index (χ1) is 47.3. The predicted octanol–water partition coefficient (Wildman–Crippen LogP) is 24.0. The van der Waals surface area contributed by atoms with Gasteiger partial charge in [0.05, 0.1) is 44.8 Å². The Hall–Kier alpha value is -8.56. The summed E-state index contributed by atoms with van der Waals surface area (Å²) >= 11 is 0. The SMILES string of the molecule is CC(C)c1cccc(C(C)C)c1-n1[c-][n+](-c2c(C(C)C)cccc2C(C)C)c2cc3c(cc21)n(-c1c(C(C)C)cccc1C(C)C)[c-][n+]3-c1c(C(C)C)cccc1C(C)C.[Au].[Au].[c-]1cc2c3ccccc3n3c4ccccc4c(c1)c23.[c-]1cc2c3ccccc3n3c4ccccc4c(c1)c23. The number of para-hydroxylation sites is 8. The summed E-state index contributed by atoms with van der Waals surface area (Å²) in [6.07, 6.45) is 8.22. The van der Waals surface area contributed by atoms with Crippen LogP contribution in [-0.2, 0) is 44.8 Å².